The molecule has 1 unspecified atom stereocenters. The second kappa shape index (κ2) is 7.11. The molecule has 0 fully saturated rings. The third-order valence-corrected chi connectivity index (χ3v) is 2.75. The number of amides is 2. The molecule has 0 aliphatic heterocycles. The Hall–Kier alpha value is -1.30. The van der Waals surface area contributed by atoms with E-state index in [-0.39, 0.29) is 6.04 Å². The van der Waals surface area contributed by atoms with Crippen molar-refractivity contribution in [2.45, 2.75) is 52.3 Å². The van der Waals surface area contributed by atoms with E-state index in [4.69, 9.17) is 5.11 Å². The molecule has 0 aromatic heterocycles. The summed E-state index contributed by atoms with van der Waals surface area (Å²) in [7, 11) is 0. The van der Waals surface area contributed by atoms with E-state index in [0.29, 0.717) is 6.54 Å². The normalized spacial score (nSPS) is 15.8. The number of carboxylic acid groups (broad SMARTS) is 1. The number of carboxylic acids is 1. The van der Waals surface area contributed by atoms with Crippen LogP contribution in [0.5, 0.6) is 0 Å². The lowest BCUT2D eigenvalue weighted by Gasteiger charge is -2.29. The Morgan fingerprint density at radius 2 is 1.82 bits per heavy atom. The minimum absolute atomic E-state index is 0.0310. The van der Waals surface area contributed by atoms with Gasteiger partial charge in [-0.15, -0.1) is 0 Å². The zero-order chi connectivity index (χ0) is 13.6. The van der Waals surface area contributed by atoms with Crippen LogP contribution in [0.25, 0.3) is 0 Å². The molecule has 2 amide bonds. The molecule has 6 nitrogen and oxygen atoms in total. The maximum atomic E-state index is 11.8. The fourth-order valence-electron chi connectivity index (χ4n) is 1.48. The topological polar surface area (TPSA) is 89.9 Å². The van der Waals surface area contributed by atoms with E-state index in [9.17, 15) is 14.7 Å². The number of rotatable bonds is 6. The van der Waals surface area contributed by atoms with Crippen molar-refractivity contribution in [1.82, 2.24) is 10.2 Å². The largest absolute Gasteiger partial charge is 0.480 e. The van der Waals surface area contributed by atoms with Crippen LogP contribution < -0.4 is 5.32 Å². The molecule has 3 atom stereocenters. The fraction of sp³-hybridized carbons (Fsp3) is 0.818. The first kappa shape index (κ1) is 15.7. The average Bonchev–Trinajstić information content (AvgIpc) is 2.25. The summed E-state index contributed by atoms with van der Waals surface area (Å²) in [5.74, 6) is -1.24. The molecule has 0 aliphatic rings. The highest BCUT2D eigenvalue weighted by molar-refractivity contribution is 5.83. The van der Waals surface area contributed by atoms with Crippen molar-refractivity contribution in [3.63, 3.8) is 0 Å². The number of hydrogen-bond donors (Lipinski definition) is 3. The van der Waals surface area contributed by atoms with E-state index in [1.165, 1.54) is 6.92 Å². The molecule has 6 heteroatoms. The van der Waals surface area contributed by atoms with Crippen LogP contribution in [0.1, 0.15) is 34.1 Å². The Morgan fingerprint density at radius 3 is 2.12 bits per heavy atom. The van der Waals surface area contributed by atoms with Crippen molar-refractivity contribution >= 4 is 12.0 Å². The van der Waals surface area contributed by atoms with Crippen molar-refractivity contribution in [3.05, 3.63) is 0 Å². The van der Waals surface area contributed by atoms with Crippen LogP contribution in [0.15, 0.2) is 0 Å². The Labute approximate surface area is 102 Å². The van der Waals surface area contributed by atoms with Crippen LogP contribution in [0.3, 0.4) is 0 Å². The van der Waals surface area contributed by atoms with Gasteiger partial charge in [0, 0.05) is 12.6 Å². The number of carbonyl (C=O) groups is 2. The highest BCUT2D eigenvalue weighted by Crippen LogP contribution is 2.04. The Kier molecular flexibility index (Phi) is 6.57. The highest BCUT2D eigenvalue weighted by atomic mass is 16.4. The second-order valence-corrected chi connectivity index (χ2v) is 4.05. The number of hydrogen-bond acceptors (Lipinski definition) is 3. The summed E-state index contributed by atoms with van der Waals surface area (Å²) in [6.45, 7) is 7.49. The SMILES string of the molecule is CCC(C)N(CC)C(=O)N[C@H](C(=O)O)[C@@H](C)O. The van der Waals surface area contributed by atoms with Gasteiger partial charge in [-0.25, -0.2) is 9.59 Å². The van der Waals surface area contributed by atoms with Gasteiger partial charge in [-0.3, -0.25) is 0 Å². The van der Waals surface area contributed by atoms with Gasteiger partial charge in [-0.2, -0.15) is 0 Å². The number of aliphatic hydroxyl groups excluding tert-OH is 1. The summed E-state index contributed by atoms with van der Waals surface area (Å²) in [6, 6.07) is -1.71. The molecule has 0 saturated heterocycles. The molecule has 0 heterocycles. The summed E-state index contributed by atoms with van der Waals surface area (Å²) in [6.07, 6.45) is -0.347. The molecule has 0 rings (SSSR count). The molecule has 0 aliphatic carbocycles. The van der Waals surface area contributed by atoms with Crippen molar-refractivity contribution in [2.24, 2.45) is 0 Å². The van der Waals surface area contributed by atoms with Gasteiger partial charge in [-0.05, 0) is 27.2 Å². The van der Waals surface area contributed by atoms with Gasteiger partial charge >= 0.3 is 12.0 Å². The number of aliphatic hydroxyl groups is 1. The second-order valence-electron chi connectivity index (χ2n) is 4.05. The van der Waals surface area contributed by atoms with Crippen LogP contribution in [-0.2, 0) is 4.79 Å². The third kappa shape index (κ3) is 4.60. The van der Waals surface area contributed by atoms with Gasteiger partial charge in [0.1, 0.15) is 0 Å². The fourth-order valence-corrected chi connectivity index (χ4v) is 1.48. The molecule has 0 aromatic rings. The van der Waals surface area contributed by atoms with E-state index in [1.54, 1.807) is 4.90 Å². The first-order valence-electron chi connectivity index (χ1n) is 5.83. The molecule has 0 saturated carbocycles. The van der Waals surface area contributed by atoms with Crippen LogP contribution in [0.4, 0.5) is 4.79 Å². The van der Waals surface area contributed by atoms with Gasteiger partial charge in [0.05, 0.1) is 6.10 Å². The van der Waals surface area contributed by atoms with Gasteiger partial charge < -0.3 is 20.4 Å². The molecule has 0 aromatic carbocycles. The first-order chi connectivity index (χ1) is 7.84. The lowest BCUT2D eigenvalue weighted by molar-refractivity contribution is -0.141. The summed E-state index contributed by atoms with van der Waals surface area (Å²) in [5, 5.41) is 20.4. The molecular weight excluding hydrogens is 224 g/mol. The molecular formula is C11H22N2O4. The number of carbonyl (C=O) groups excluding carboxylic acids is 1. The van der Waals surface area contributed by atoms with E-state index in [2.05, 4.69) is 5.32 Å². The first-order valence-corrected chi connectivity index (χ1v) is 5.83. The summed E-state index contributed by atoms with van der Waals surface area (Å²) >= 11 is 0. The zero-order valence-corrected chi connectivity index (χ0v) is 10.8. The molecule has 0 radical (unpaired) electrons. The van der Waals surface area contributed by atoms with Gasteiger partial charge in [-0.1, -0.05) is 6.92 Å². The minimum Gasteiger partial charge on any atom is -0.480 e. The Morgan fingerprint density at radius 1 is 1.29 bits per heavy atom. The number of aliphatic carboxylic acids is 1. The van der Waals surface area contributed by atoms with Gasteiger partial charge in [0.2, 0.25) is 0 Å². The maximum Gasteiger partial charge on any atom is 0.328 e. The molecule has 100 valence electrons. The zero-order valence-electron chi connectivity index (χ0n) is 10.8. The number of nitrogens with zero attached hydrogens (tertiary/aromatic N) is 1. The molecule has 0 spiro atoms. The molecule has 3 N–H and O–H groups in total. The van der Waals surface area contributed by atoms with Crippen molar-refractivity contribution in [1.29, 1.82) is 0 Å². The van der Waals surface area contributed by atoms with Crippen molar-refractivity contribution in [3.8, 4) is 0 Å². The maximum absolute atomic E-state index is 11.8. The Bertz CT molecular complexity index is 268. The third-order valence-electron chi connectivity index (χ3n) is 2.75. The van der Waals surface area contributed by atoms with E-state index in [1.807, 2.05) is 20.8 Å². The van der Waals surface area contributed by atoms with Crippen LogP contribution in [-0.4, -0.2) is 51.8 Å². The highest BCUT2D eigenvalue weighted by Gasteiger charge is 2.27. The van der Waals surface area contributed by atoms with Crippen LogP contribution >= 0.6 is 0 Å². The van der Waals surface area contributed by atoms with E-state index < -0.39 is 24.1 Å². The quantitative estimate of drug-likeness (QED) is 0.642. The van der Waals surface area contributed by atoms with E-state index >= 15 is 0 Å². The van der Waals surface area contributed by atoms with Gasteiger partial charge in [0.15, 0.2) is 6.04 Å². The lowest BCUT2D eigenvalue weighted by atomic mass is 10.2. The van der Waals surface area contributed by atoms with Gasteiger partial charge in [0.25, 0.3) is 0 Å². The smallest absolute Gasteiger partial charge is 0.328 e. The number of nitrogens with one attached hydrogen (secondary N) is 1. The number of urea groups is 1. The predicted octanol–water partition coefficient (Wildman–Crippen LogP) is 0.650. The summed E-state index contributed by atoms with van der Waals surface area (Å²) in [5.41, 5.74) is 0. The molecule has 0 bridgehead atoms. The standard InChI is InChI=1S/C11H22N2O4/c1-5-7(3)13(6-2)11(17)12-9(8(4)14)10(15)16/h7-9,14H,5-6H2,1-4H3,(H,12,17)(H,15,16)/t7?,8-,9+/m1/s1. The summed E-state index contributed by atoms with van der Waals surface area (Å²) < 4.78 is 0. The summed E-state index contributed by atoms with van der Waals surface area (Å²) in [4.78, 5) is 24.2. The lowest BCUT2D eigenvalue weighted by Crippen LogP contribution is -2.54. The van der Waals surface area contributed by atoms with Crippen LogP contribution in [0, 0.1) is 0 Å². The van der Waals surface area contributed by atoms with Crippen LogP contribution in [0.2, 0.25) is 0 Å². The Balaban J connectivity index is 4.63. The van der Waals surface area contributed by atoms with Crippen molar-refractivity contribution in [2.75, 3.05) is 6.54 Å². The predicted molar refractivity (Wildman–Crippen MR) is 63.8 cm³/mol. The monoisotopic (exact) mass is 246 g/mol. The molecule has 17 heavy (non-hydrogen) atoms. The van der Waals surface area contributed by atoms with Crippen molar-refractivity contribution < 1.29 is 19.8 Å². The average molecular weight is 246 g/mol. The van der Waals surface area contributed by atoms with E-state index in [0.717, 1.165) is 6.42 Å². The minimum atomic E-state index is -1.28.